The molecule has 2 aromatic carbocycles. The Balaban J connectivity index is 1.99. The SMILES string of the molecule is CCNC(=NCc1ccc(C(=O)NCC(N)=O)cc1)N(C)Cc1ccc(OCC)cc1. The highest BCUT2D eigenvalue weighted by atomic mass is 16.5. The molecule has 8 heteroatoms. The van der Waals surface area contributed by atoms with Crippen LogP contribution in [-0.4, -0.2) is 49.4 Å². The van der Waals surface area contributed by atoms with E-state index in [2.05, 4.69) is 15.5 Å². The van der Waals surface area contributed by atoms with Crippen LogP contribution >= 0.6 is 0 Å². The predicted octanol–water partition coefficient (Wildman–Crippen LogP) is 1.90. The zero-order valence-electron chi connectivity index (χ0n) is 18.4. The molecule has 0 saturated heterocycles. The summed E-state index contributed by atoms with van der Waals surface area (Å²) in [6, 6.07) is 15.1. The van der Waals surface area contributed by atoms with Crippen LogP contribution in [0.15, 0.2) is 53.5 Å². The first-order chi connectivity index (χ1) is 14.9. The highest BCUT2D eigenvalue weighted by molar-refractivity contribution is 5.96. The lowest BCUT2D eigenvalue weighted by atomic mass is 10.1. The summed E-state index contributed by atoms with van der Waals surface area (Å²) in [7, 11) is 1.99. The monoisotopic (exact) mass is 425 g/mol. The molecule has 2 rings (SSSR count). The molecular formula is C23H31N5O3. The van der Waals surface area contributed by atoms with Gasteiger partial charge in [0.05, 0.1) is 19.7 Å². The number of aliphatic imine (C=N–C) groups is 1. The minimum Gasteiger partial charge on any atom is -0.494 e. The predicted molar refractivity (Wildman–Crippen MR) is 122 cm³/mol. The number of nitrogens with two attached hydrogens (primary N) is 1. The molecule has 2 amide bonds. The Morgan fingerprint density at radius 2 is 1.65 bits per heavy atom. The quantitative estimate of drug-likeness (QED) is 0.398. The number of nitrogens with zero attached hydrogens (tertiary/aromatic N) is 2. The van der Waals surface area contributed by atoms with Crippen molar-refractivity contribution in [2.75, 3.05) is 26.7 Å². The minimum atomic E-state index is -0.579. The van der Waals surface area contributed by atoms with Crippen molar-refractivity contribution in [2.45, 2.75) is 26.9 Å². The van der Waals surface area contributed by atoms with E-state index < -0.39 is 5.91 Å². The van der Waals surface area contributed by atoms with E-state index in [9.17, 15) is 9.59 Å². The third-order valence-electron chi connectivity index (χ3n) is 4.40. The van der Waals surface area contributed by atoms with Crippen LogP contribution in [0.5, 0.6) is 5.75 Å². The zero-order valence-corrected chi connectivity index (χ0v) is 18.4. The van der Waals surface area contributed by atoms with E-state index >= 15 is 0 Å². The van der Waals surface area contributed by atoms with Crippen molar-refractivity contribution < 1.29 is 14.3 Å². The summed E-state index contributed by atoms with van der Waals surface area (Å²) in [6.45, 7) is 6.39. The van der Waals surface area contributed by atoms with E-state index in [0.717, 1.165) is 29.4 Å². The van der Waals surface area contributed by atoms with Crippen molar-refractivity contribution in [3.05, 3.63) is 65.2 Å². The highest BCUT2D eigenvalue weighted by Gasteiger charge is 2.08. The number of rotatable bonds is 10. The number of carbonyl (C=O) groups is 2. The van der Waals surface area contributed by atoms with Crippen LogP contribution in [0.3, 0.4) is 0 Å². The first kappa shape index (κ1) is 23.7. The van der Waals surface area contributed by atoms with Crippen LogP contribution in [-0.2, 0) is 17.9 Å². The van der Waals surface area contributed by atoms with Gasteiger partial charge in [0, 0.05) is 25.7 Å². The molecule has 0 fully saturated rings. The van der Waals surface area contributed by atoms with E-state index in [-0.39, 0.29) is 12.5 Å². The fourth-order valence-corrected chi connectivity index (χ4v) is 2.87. The fourth-order valence-electron chi connectivity index (χ4n) is 2.87. The van der Waals surface area contributed by atoms with Crippen molar-refractivity contribution in [3.8, 4) is 5.75 Å². The fraction of sp³-hybridized carbons (Fsp3) is 0.348. The van der Waals surface area contributed by atoms with Crippen molar-refractivity contribution in [2.24, 2.45) is 10.7 Å². The Morgan fingerprint density at radius 3 is 2.23 bits per heavy atom. The normalized spacial score (nSPS) is 11.0. The van der Waals surface area contributed by atoms with Crippen molar-refractivity contribution in [3.63, 3.8) is 0 Å². The van der Waals surface area contributed by atoms with Gasteiger partial charge in [-0.05, 0) is 49.2 Å². The Kier molecular flexibility index (Phi) is 9.35. The minimum absolute atomic E-state index is 0.183. The molecule has 0 heterocycles. The van der Waals surface area contributed by atoms with Crippen LogP contribution < -0.4 is 21.1 Å². The van der Waals surface area contributed by atoms with Crippen molar-refractivity contribution in [1.82, 2.24) is 15.5 Å². The Hall–Kier alpha value is -3.55. The van der Waals surface area contributed by atoms with Crippen LogP contribution in [0, 0.1) is 0 Å². The number of primary amides is 1. The van der Waals surface area contributed by atoms with Gasteiger partial charge in [0.25, 0.3) is 5.91 Å². The van der Waals surface area contributed by atoms with E-state index in [4.69, 9.17) is 15.5 Å². The second-order valence-electron chi connectivity index (χ2n) is 6.95. The third kappa shape index (κ3) is 8.00. The van der Waals surface area contributed by atoms with Gasteiger partial charge in [-0.1, -0.05) is 24.3 Å². The molecule has 0 unspecified atom stereocenters. The standard InChI is InChI=1S/C23H31N5O3/c1-4-25-23(28(3)16-18-8-12-20(13-9-18)31-5-2)27-14-17-6-10-19(11-7-17)22(30)26-15-21(24)29/h6-13H,4-5,14-16H2,1-3H3,(H2,24,29)(H,25,27)(H,26,30). The maximum absolute atomic E-state index is 12.0. The summed E-state index contributed by atoms with van der Waals surface area (Å²) in [5.74, 6) is 0.739. The smallest absolute Gasteiger partial charge is 0.251 e. The average Bonchev–Trinajstić information content (AvgIpc) is 2.76. The zero-order chi connectivity index (χ0) is 22.6. The van der Waals surface area contributed by atoms with Gasteiger partial charge in [0.2, 0.25) is 5.91 Å². The molecule has 0 spiro atoms. The molecule has 166 valence electrons. The molecule has 0 radical (unpaired) electrons. The first-order valence-corrected chi connectivity index (χ1v) is 10.3. The topological polar surface area (TPSA) is 109 Å². The number of hydrogen-bond donors (Lipinski definition) is 3. The number of benzene rings is 2. The molecule has 0 aliphatic rings. The second kappa shape index (κ2) is 12.2. The lowest BCUT2D eigenvalue weighted by Gasteiger charge is -2.22. The molecule has 2 aromatic rings. The number of carbonyl (C=O) groups excluding carboxylic acids is 2. The van der Waals surface area contributed by atoms with Crippen LogP contribution in [0.25, 0.3) is 0 Å². The Labute approximate surface area is 183 Å². The molecule has 0 saturated carbocycles. The lowest BCUT2D eigenvalue weighted by Crippen LogP contribution is -2.38. The summed E-state index contributed by atoms with van der Waals surface area (Å²) in [6.07, 6.45) is 0. The molecule has 8 nitrogen and oxygen atoms in total. The molecule has 0 aliphatic heterocycles. The van der Waals surface area contributed by atoms with Gasteiger partial charge < -0.3 is 26.0 Å². The average molecular weight is 426 g/mol. The Bertz CT molecular complexity index is 879. The number of amides is 2. The Morgan fingerprint density at radius 1 is 1.00 bits per heavy atom. The number of hydrogen-bond acceptors (Lipinski definition) is 4. The molecule has 0 aromatic heterocycles. The van der Waals surface area contributed by atoms with Gasteiger partial charge in [-0.3, -0.25) is 9.59 Å². The highest BCUT2D eigenvalue weighted by Crippen LogP contribution is 2.13. The van der Waals surface area contributed by atoms with Gasteiger partial charge in [0.15, 0.2) is 5.96 Å². The summed E-state index contributed by atoms with van der Waals surface area (Å²) in [4.78, 5) is 29.5. The summed E-state index contributed by atoms with van der Waals surface area (Å²) < 4.78 is 5.49. The van der Waals surface area contributed by atoms with E-state index in [1.807, 2.05) is 57.3 Å². The number of nitrogens with one attached hydrogen (secondary N) is 2. The maximum Gasteiger partial charge on any atom is 0.251 e. The summed E-state index contributed by atoms with van der Waals surface area (Å²) in [5, 5.41) is 5.77. The van der Waals surface area contributed by atoms with Gasteiger partial charge >= 0.3 is 0 Å². The molecule has 0 aliphatic carbocycles. The van der Waals surface area contributed by atoms with E-state index in [0.29, 0.717) is 25.3 Å². The maximum atomic E-state index is 12.0. The largest absolute Gasteiger partial charge is 0.494 e. The van der Waals surface area contributed by atoms with Crippen molar-refractivity contribution in [1.29, 1.82) is 0 Å². The second-order valence-corrected chi connectivity index (χ2v) is 6.95. The number of guanidine groups is 1. The summed E-state index contributed by atoms with van der Waals surface area (Å²) in [5.41, 5.74) is 7.63. The van der Waals surface area contributed by atoms with Crippen LogP contribution in [0.2, 0.25) is 0 Å². The molecular weight excluding hydrogens is 394 g/mol. The van der Waals surface area contributed by atoms with Crippen LogP contribution in [0.1, 0.15) is 35.3 Å². The van der Waals surface area contributed by atoms with E-state index in [1.54, 1.807) is 12.1 Å². The molecule has 4 N–H and O–H groups in total. The first-order valence-electron chi connectivity index (χ1n) is 10.3. The molecule has 0 bridgehead atoms. The van der Waals surface area contributed by atoms with Gasteiger partial charge in [-0.15, -0.1) is 0 Å². The summed E-state index contributed by atoms with van der Waals surface area (Å²) >= 11 is 0. The third-order valence-corrected chi connectivity index (χ3v) is 4.40. The van der Waals surface area contributed by atoms with E-state index in [1.165, 1.54) is 0 Å². The molecule has 0 atom stereocenters. The van der Waals surface area contributed by atoms with Crippen LogP contribution in [0.4, 0.5) is 0 Å². The van der Waals surface area contributed by atoms with Crippen molar-refractivity contribution >= 4 is 17.8 Å². The van der Waals surface area contributed by atoms with Gasteiger partial charge in [-0.25, -0.2) is 4.99 Å². The number of ether oxygens (including phenoxy) is 1. The molecule has 31 heavy (non-hydrogen) atoms. The van der Waals surface area contributed by atoms with Gasteiger partial charge in [0.1, 0.15) is 5.75 Å². The lowest BCUT2D eigenvalue weighted by molar-refractivity contribution is -0.117. The van der Waals surface area contributed by atoms with Gasteiger partial charge in [-0.2, -0.15) is 0 Å².